The Morgan fingerprint density at radius 2 is 1.84 bits per heavy atom. The second kappa shape index (κ2) is 10.7. The summed E-state index contributed by atoms with van der Waals surface area (Å²) in [6, 6.07) is 22.3. The topological polar surface area (TPSA) is 118 Å². The van der Waals surface area contributed by atoms with E-state index in [4.69, 9.17) is 21.4 Å². The number of nitrogens with one attached hydrogen (secondary N) is 1. The highest BCUT2D eigenvalue weighted by Gasteiger charge is 2.20. The maximum Gasteiger partial charge on any atom is 0.219 e. The molecule has 0 aromatic heterocycles. The number of amidine groups is 2. The molecule has 1 amide bonds. The first-order valence-electron chi connectivity index (χ1n) is 10.1. The van der Waals surface area contributed by atoms with Crippen LogP contribution in [0, 0.1) is 6.92 Å². The van der Waals surface area contributed by atoms with E-state index in [1.54, 1.807) is 24.3 Å². The predicted octanol–water partition coefficient (Wildman–Crippen LogP) is 3.22. The van der Waals surface area contributed by atoms with Crippen LogP contribution >= 0.6 is 0 Å². The number of hydrogen-bond donors (Lipinski definition) is 3. The van der Waals surface area contributed by atoms with Crippen molar-refractivity contribution in [2.24, 2.45) is 21.8 Å². The van der Waals surface area contributed by atoms with Crippen LogP contribution in [0.1, 0.15) is 23.6 Å². The third kappa shape index (κ3) is 4.93. The van der Waals surface area contributed by atoms with Crippen molar-refractivity contribution in [2.45, 2.75) is 13.8 Å². The number of aliphatic imine (C=N–C) groups is 1. The number of benzene rings is 3. The summed E-state index contributed by atoms with van der Waals surface area (Å²) in [5.41, 5.74) is 6.03. The molecule has 0 heterocycles. The normalized spacial score (nSPS) is 11.7. The number of aryl methyl sites for hydroxylation is 1. The lowest BCUT2D eigenvalue weighted by Gasteiger charge is -2.23. The van der Waals surface area contributed by atoms with Crippen molar-refractivity contribution in [3.05, 3.63) is 89.5 Å². The van der Waals surface area contributed by atoms with Crippen molar-refractivity contribution >= 4 is 29.5 Å². The number of anilines is 1. The van der Waals surface area contributed by atoms with Crippen LogP contribution in [-0.4, -0.2) is 24.7 Å². The van der Waals surface area contributed by atoms with E-state index in [2.05, 4.69) is 10.5 Å². The molecular formula is C24H26N6O2. The molecule has 0 fully saturated rings. The molecule has 0 radical (unpaired) electrons. The van der Waals surface area contributed by atoms with E-state index < -0.39 is 0 Å². The van der Waals surface area contributed by atoms with Crippen LogP contribution in [0.4, 0.5) is 11.4 Å². The molecule has 0 spiro atoms. The molecule has 0 atom stereocenters. The minimum absolute atomic E-state index is 0.282. The lowest BCUT2D eigenvalue weighted by atomic mass is 10.1. The molecule has 0 unspecified atom stereocenters. The Balaban J connectivity index is 2.22. The highest BCUT2D eigenvalue weighted by molar-refractivity contribution is 6.20. The molecule has 32 heavy (non-hydrogen) atoms. The molecule has 8 nitrogen and oxygen atoms in total. The van der Waals surface area contributed by atoms with E-state index >= 15 is 0 Å². The van der Waals surface area contributed by atoms with Crippen molar-refractivity contribution in [1.82, 2.24) is 5.43 Å². The number of nitrogens with zero attached hydrogens (tertiary/aromatic N) is 3. The van der Waals surface area contributed by atoms with Crippen molar-refractivity contribution < 1.29 is 9.53 Å². The summed E-state index contributed by atoms with van der Waals surface area (Å²) in [7, 11) is 0. The fraction of sp³-hybridized carbons (Fsp3) is 0.125. The van der Waals surface area contributed by atoms with Gasteiger partial charge >= 0.3 is 0 Å². The van der Waals surface area contributed by atoms with Gasteiger partial charge in [-0.05, 0) is 49.7 Å². The highest BCUT2D eigenvalue weighted by Crippen LogP contribution is 2.27. The first kappa shape index (κ1) is 22.5. The molecule has 0 aliphatic rings. The Morgan fingerprint density at radius 1 is 1.09 bits per heavy atom. The van der Waals surface area contributed by atoms with Gasteiger partial charge in [-0.3, -0.25) is 9.69 Å². The number of para-hydroxylation sites is 2. The van der Waals surface area contributed by atoms with Gasteiger partial charge in [-0.1, -0.05) is 42.5 Å². The zero-order chi connectivity index (χ0) is 22.9. The lowest BCUT2D eigenvalue weighted by molar-refractivity contribution is -0.106. The van der Waals surface area contributed by atoms with E-state index in [1.165, 1.54) is 4.90 Å². The molecule has 0 saturated carbocycles. The second-order valence-electron chi connectivity index (χ2n) is 6.80. The van der Waals surface area contributed by atoms with Crippen LogP contribution in [0.2, 0.25) is 0 Å². The van der Waals surface area contributed by atoms with E-state index in [1.807, 2.05) is 62.4 Å². The van der Waals surface area contributed by atoms with Crippen molar-refractivity contribution in [3.8, 4) is 5.75 Å². The second-order valence-corrected chi connectivity index (χ2v) is 6.80. The predicted molar refractivity (Wildman–Crippen MR) is 128 cm³/mol. The smallest absolute Gasteiger partial charge is 0.219 e. The maximum absolute atomic E-state index is 12.4. The van der Waals surface area contributed by atoms with Gasteiger partial charge in [-0.25, -0.2) is 10.8 Å². The minimum atomic E-state index is 0.282. The summed E-state index contributed by atoms with van der Waals surface area (Å²) in [4.78, 5) is 18.7. The van der Waals surface area contributed by atoms with Gasteiger partial charge in [0.15, 0.2) is 11.7 Å². The van der Waals surface area contributed by atoms with Crippen LogP contribution in [0.25, 0.3) is 0 Å². The Morgan fingerprint density at radius 3 is 2.53 bits per heavy atom. The minimum Gasteiger partial charge on any atom is -0.493 e. The van der Waals surface area contributed by atoms with E-state index in [0.29, 0.717) is 41.4 Å². The molecular weight excluding hydrogens is 404 g/mol. The van der Waals surface area contributed by atoms with E-state index in [9.17, 15) is 4.79 Å². The number of ether oxygens (including phenoxy) is 1. The fourth-order valence-corrected chi connectivity index (χ4v) is 3.21. The number of hydrogen-bond acceptors (Lipinski definition) is 6. The number of carbonyl (C=O) groups excluding carboxylic acids is 1. The van der Waals surface area contributed by atoms with Crippen LogP contribution in [0.3, 0.4) is 0 Å². The van der Waals surface area contributed by atoms with Gasteiger partial charge < -0.3 is 16.0 Å². The lowest BCUT2D eigenvalue weighted by Crippen LogP contribution is -2.33. The average molecular weight is 431 g/mol. The molecule has 164 valence electrons. The first-order chi connectivity index (χ1) is 15.6. The number of hydrazone groups is 1. The third-order valence-electron chi connectivity index (χ3n) is 4.77. The molecule has 3 aromatic rings. The summed E-state index contributed by atoms with van der Waals surface area (Å²) in [5, 5.41) is 3.65. The maximum atomic E-state index is 12.4. The quantitative estimate of drug-likeness (QED) is 0.175. The summed E-state index contributed by atoms with van der Waals surface area (Å²) < 4.78 is 5.83. The third-order valence-corrected chi connectivity index (χ3v) is 4.77. The van der Waals surface area contributed by atoms with Crippen LogP contribution in [-0.2, 0) is 4.79 Å². The van der Waals surface area contributed by atoms with E-state index in [-0.39, 0.29) is 5.84 Å². The van der Waals surface area contributed by atoms with Crippen molar-refractivity contribution in [3.63, 3.8) is 0 Å². The van der Waals surface area contributed by atoms with E-state index in [0.717, 1.165) is 11.3 Å². The molecule has 0 aliphatic heterocycles. The van der Waals surface area contributed by atoms with Gasteiger partial charge in [-0.15, -0.1) is 0 Å². The molecule has 3 rings (SSSR count). The fourth-order valence-electron chi connectivity index (χ4n) is 3.21. The van der Waals surface area contributed by atoms with Gasteiger partial charge in [0.2, 0.25) is 6.41 Å². The number of nitrogens with two attached hydrogens (primary N) is 2. The average Bonchev–Trinajstić information content (AvgIpc) is 2.82. The number of amides is 1. The van der Waals surface area contributed by atoms with Crippen LogP contribution < -0.4 is 26.7 Å². The largest absolute Gasteiger partial charge is 0.493 e. The summed E-state index contributed by atoms with van der Waals surface area (Å²) >= 11 is 0. The molecule has 0 saturated heterocycles. The zero-order valence-electron chi connectivity index (χ0n) is 18.0. The Hall–Kier alpha value is -4.17. The molecule has 8 heteroatoms. The van der Waals surface area contributed by atoms with Crippen molar-refractivity contribution in [2.75, 3.05) is 11.5 Å². The van der Waals surface area contributed by atoms with Gasteiger partial charge in [0.1, 0.15) is 5.75 Å². The Labute approximate surface area is 187 Å². The summed E-state index contributed by atoms with van der Waals surface area (Å²) in [6.45, 7) is 4.35. The Kier molecular flexibility index (Phi) is 7.55. The first-order valence-corrected chi connectivity index (χ1v) is 10.1. The summed E-state index contributed by atoms with van der Waals surface area (Å²) in [5.74, 6) is 12.3. The molecule has 5 N–H and O–H groups in total. The number of carbonyl (C=O) groups is 1. The van der Waals surface area contributed by atoms with Crippen LogP contribution in [0.15, 0.2) is 82.9 Å². The van der Waals surface area contributed by atoms with Gasteiger partial charge in [0.25, 0.3) is 0 Å². The molecule has 3 aromatic carbocycles. The van der Waals surface area contributed by atoms with Gasteiger partial charge in [0, 0.05) is 5.56 Å². The summed E-state index contributed by atoms with van der Waals surface area (Å²) in [6.07, 6.45) is 0.716. The SMILES string of the molecule is CCOc1ccccc1C(=Nc1ccccc1C)N(C=O)c1cccc(C(=NN)NN)c1. The Bertz CT molecular complexity index is 1140. The molecule has 0 aliphatic carbocycles. The van der Waals surface area contributed by atoms with Crippen molar-refractivity contribution in [1.29, 1.82) is 0 Å². The monoisotopic (exact) mass is 430 g/mol. The standard InChI is InChI=1S/C24H26N6O2/c1-3-32-22-14-7-5-12-20(22)24(27-21-13-6-4-9-17(21)2)30(16-31)19-11-8-10-18(15-19)23(28-25)29-26/h4-16H,3,25-26H2,1-2H3,(H,28,29). The van der Waals surface area contributed by atoms with Gasteiger partial charge in [-0.2, -0.15) is 5.10 Å². The van der Waals surface area contributed by atoms with Crippen LogP contribution in [0.5, 0.6) is 5.75 Å². The number of rotatable bonds is 7. The molecule has 0 bridgehead atoms. The van der Waals surface area contributed by atoms with Gasteiger partial charge in [0.05, 0.1) is 23.5 Å². The highest BCUT2D eigenvalue weighted by atomic mass is 16.5. The number of hydrazine groups is 1. The zero-order valence-corrected chi connectivity index (χ0v) is 18.0.